The first-order valence-corrected chi connectivity index (χ1v) is 6.72. The van der Waals surface area contributed by atoms with Gasteiger partial charge >= 0.3 is 5.97 Å². The van der Waals surface area contributed by atoms with Crippen LogP contribution in [0.5, 0.6) is 0 Å². The highest BCUT2D eigenvalue weighted by molar-refractivity contribution is 5.77. The van der Waals surface area contributed by atoms with E-state index < -0.39 is 16.4 Å². The predicted molar refractivity (Wildman–Crippen MR) is 73.3 cm³/mol. The van der Waals surface area contributed by atoms with E-state index in [9.17, 15) is 9.59 Å². The Morgan fingerprint density at radius 2 is 1.50 bits per heavy atom. The first-order chi connectivity index (χ1) is 8.02. The summed E-state index contributed by atoms with van der Waals surface area (Å²) in [6, 6.07) is 0. The lowest BCUT2D eigenvalue weighted by molar-refractivity contribution is -0.171. The van der Waals surface area contributed by atoms with Crippen molar-refractivity contribution in [2.45, 2.75) is 73.3 Å². The zero-order chi connectivity index (χ0) is 14.6. The van der Waals surface area contributed by atoms with Gasteiger partial charge in [0, 0.05) is 5.41 Å². The standard InChI is InChI=1S/C15H28O3/c1-8-15(7,9-2)18-12(17)14(5,6)10-13(3,4)11-16/h11H,8-10H2,1-7H3. The third kappa shape index (κ3) is 4.79. The van der Waals surface area contributed by atoms with E-state index in [-0.39, 0.29) is 5.97 Å². The summed E-state index contributed by atoms with van der Waals surface area (Å²) in [4.78, 5) is 23.2. The molecule has 3 heteroatoms. The maximum absolute atomic E-state index is 12.3. The fraction of sp³-hybridized carbons (Fsp3) is 0.867. The van der Waals surface area contributed by atoms with Gasteiger partial charge in [0.05, 0.1) is 5.41 Å². The fourth-order valence-corrected chi connectivity index (χ4v) is 2.01. The molecule has 3 nitrogen and oxygen atoms in total. The molecule has 0 heterocycles. The molecular weight excluding hydrogens is 228 g/mol. The largest absolute Gasteiger partial charge is 0.459 e. The molecule has 0 aliphatic rings. The molecule has 0 saturated carbocycles. The van der Waals surface area contributed by atoms with E-state index in [1.165, 1.54) is 0 Å². The van der Waals surface area contributed by atoms with Crippen LogP contribution < -0.4 is 0 Å². The van der Waals surface area contributed by atoms with E-state index in [4.69, 9.17) is 4.74 Å². The van der Waals surface area contributed by atoms with Crippen molar-refractivity contribution >= 4 is 12.3 Å². The molecule has 0 radical (unpaired) electrons. The number of hydrogen-bond donors (Lipinski definition) is 0. The van der Waals surface area contributed by atoms with E-state index in [2.05, 4.69) is 0 Å². The molecule has 0 aromatic carbocycles. The van der Waals surface area contributed by atoms with Gasteiger partial charge in [-0.1, -0.05) is 27.7 Å². The smallest absolute Gasteiger partial charge is 0.312 e. The Bertz CT molecular complexity index is 299. The second-order valence-corrected chi connectivity index (χ2v) is 6.71. The minimum Gasteiger partial charge on any atom is -0.459 e. The van der Waals surface area contributed by atoms with Gasteiger partial charge in [-0.2, -0.15) is 0 Å². The molecule has 0 rings (SSSR count). The molecule has 0 unspecified atom stereocenters. The van der Waals surface area contributed by atoms with Crippen LogP contribution in [0.2, 0.25) is 0 Å². The van der Waals surface area contributed by atoms with Crippen molar-refractivity contribution in [1.82, 2.24) is 0 Å². The molecule has 106 valence electrons. The Labute approximate surface area is 111 Å². The monoisotopic (exact) mass is 256 g/mol. The Hall–Kier alpha value is -0.860. The van der Waals surface area contributed by atoms with Crippen LogP contribution in [0.3, 0.4) is 0 Å². The van der Waals surface area contributed by atoms with Crippen molar-refractivity contribution in [3.05, 3.63) is 0 Å². The van der Waals surface area contributed by atoms with E-state index in [1.54, 1.807) is 0 Å². The van der Waals surface area contributed by atoms with Crippen LogP contribution in [-0.4, -0.2) is 17.9 Å². The zero-order valence-corrected chi connectivity index (χ0v) is 12.9. The molecule has 0 saturated heterocycles. The number of rotatable bonds is 7. The summed E-state index contributed by atoms with van der Waals surface area (Å²) >= 11 is 0. The summed E-state index contributed by atoms with van der Waals surface area (Å²) in [5, 5.41) is 0. The number of esters is 1. The lowest BCUT2D eigenvalue weighted by Crippen LogP contribution is -2.39. The van der Waals surface area contributed by atoms with Crippen LogP contribution in [0, 0.1) is 10.8 Å². The van der Waals surface area contributed by atoms with Crippen molar-refractivity contribution in [1.29, 1.82) is 0 Å². The van der Waals surface area contributed by atoms with E-state index >= 15 is 0 Å². The van der Waals surface area contributed by atoms with Gasteiger partial charge in [-0.25, -0.2) is 0 Å². The lowest BCUT2D eigenvalue weighted by Gasteiger charge is -2.34. The minimum absolute atomic E-state index is 0.219. The number of hydrogen-bond acceptors (Lipinski definition) is 3. The number of carbonyl (C=O) groups excluding carboxylic acids is 2. The first kappa shape index (κ1) is 17.1. The molecule has 0 N–H and O–H groups in total. The van der Waals surface area contributed by atoms with Crippen molar-refractivity contribution in [2.24, 2.45) is 10.8 Å². The van der Waals surface area contributed by atoms with Crippen molar-refractivity contribution in [3.63, 3.8) is 0 Å². The summed E-state index contributed by atoms with van der Waals surface area (Å²) in [7, 11) is 0. The summed E-state index contributed by atoms with van der Waals surface area (Å²) in [5.74, 6) is -0.219. The van der Waals surface area contributed by atoms with Crippen molar-refractivity contribution in [2.75, 3.05) is 0 Å². The molecule has 0 aromatic rings. The Morgan fingerprint density at radius 1 is 1.06 bits per heavy atom. The van der Waals surface area contributed by atoms with E-state index in [0.717, 1.165) is 19.1 Å². The van der Waals surface area contributed by atoms with Crippen molar-refractivity contribution < 1.29 is 14.3 Å². The van der Waals surface area contributed by atoms with Crippen LogP contribution in [0.25, 0.3) is 0 Å². The second kappa shape index (κ2) is 5.85. The number of carbonyl (C=O) groups is 2. The average Bonchev–Trinajstić information content (AvgIpc) is 2.27. The van der Waals surface area contributed by atoms with Gasteiger partial charge in [-0.05, 0) is 40.0 Å². The van der Waals surface area contributed by atoms with Gasteiger partial charge in [0.2, 0.25) is 0 Å². The quantitative estimate of drug-likeness (QED) is 0.514. The Kier molecular flexibility index (Phi) is 5.57. The fourth-order valence-electron chi connectivity index (χ4n) is 2.01. The Balaban J connectivity index is 4.82. The first-order valence-electron chi connectivity index (χ1n) is 6.72. The highest BCUT2D eigenvalue weighted by atomic mass is 16.6. The third-order valence-electron chi connectivity index (χ3n) is 3.60. The molecule has 0 aliphatic carbocycles. The normalized spacial score (nSPS) is 13.3. The zero-order valence-electron chi connectivity index (χ0n) is 12.9. The van der Waals surface area contributed by atoms with Crippen LogP contribution in [-0.2, 0) is 14.3 Å². The highest BCUT2D eigenvalue weighted by Crippen LogP contribution is 2.35. The van der Waals surface area contributed by atoms with Crippen LogP contribution in [0.1, 0.15) is 67.7 Å². The number of ether oxygens (including phenoxy) is 1. The van der Waals surface area contributed by atoms with Gasteiger partial charge in [-0.15, -0.1) is 0 Å². The highest BCUT2D eigenvalue weighted by Gasteiger charge is 2.38. The summed E-state index contributed by atoms with van der Waals surface area (Å²) < 4.78 is 5.64. The van der Waals surface area contributed by atoms with Gasteiger partial charge in [0.1, 0.15) is 11.9 Å². The second-order valence-electron chi connectivity index (χ2n) is 6.71. The van der Waals surface area contributed by atoms with Gasteiger partial charge < -0.3 is 9.53 Å². The van der Waals surface area contributed by atoms with Crippen LogP contribution >= 0.6 is 0 Å². The molecule has 0 fully saturated rings. The van der Waals surface area contributed by atoms with Crippen LogP contribution in [0.4, 0.5) is 0 Å². The van der Waals surface area contributed by atoms with Gasteiger partial charge in [0.15, 0.2) is 0 Å². The average molecular weight is 256 g/mol. The van der Waals surface area contributed by atoms with Crippen LogP contribution in [0.15, 0.2) is 0 Å². The predicted octanol–water partition coefficient (Wildman–Crippen LogP) is 3.75. The van der Waals surface area contributed by atoms with Crippen molar-refractivity contribution in [3.8, 4) is 0 Å². The molecule has 0 amide bonds. The molecule has 0 aromatic heterocycles. The number of aldehydes is 1. The molecule has 0 bridgehead atoms. The third-order valence-corrected chi connectivity index (χ3v) is 3.60. The minimum atomic E-state index is -0.643. The molecule has 0 aliphatic heterocycles. The summed E-state index contributed by atoms with van der Waals surface area (Å²) in [6.07, 6.45) is 2.98. The van der Waals surface area contributed by atoms with Gasteiger partial charge in [0.25, 0.3) is 0 Å². The topological polar surface area (TPSA) is 43.4 Å². The van der Waals surface area contributed by atoms with E-state index in [1.807, 2.05) is 48.5 Å². The summed E-state index contributed by atoms with van der Waals surface area (Å²) in [6.45, 7) is 13.3. The molecule has 0 spiro atoms. The Morgan fingerprint density at radius 3 is 1.83 bits per heavy atom. The maximum Gasteiger partial charge on any atom is 0.312 e. The maximum atomic E-state index is 12.3. The molecular formula is C15H28O3. The SMILES string of the molecule is CCC(C)(CC)OC(=O)C(C)(C)CC(C)(C)C=O. The molecule has 18 heavy (non-hydrogen) atoms. The lowest BCUT2D eigenvalue weighted by atomic mass is 9.76. The molecule has 0 atom stereocenters. The van der Waals surface area contributed by atoms with Gasteiger partial charge in [-0.3, -0.25) is 4.79 Å². The summed E-state index contributed by atoms with van der Waals surface area (Å²) in [5.41, 5.74) is -1.55. The van der Waals surface area contributed by atoms with E-state index in [0.29, 0.717) is 6.42 Å².